The van der Waals surface area contributed by atoms with E-state index in [4.69, 9.17) is 5.73 Å². The molecule has 0 fully saturated rings. The molecule has 0 unspecified atom stereocenters. The van der Waals surface area contributed by atoms with Crippen molar-refractivity contribution >= 4 is 5.96 Å². The van der Waals surface area contributed by atoms with Gasteiger partial charge in [-0.05, 0) is 12.8 Å². The summed E-state index contributed by atoms with van der Waals surface area (Å²) in [6.07, 6.45) is 8.96. The maximum absolute atomic E-state index is 5.66. The van der Waals surface area contributed by atoms with Crippen LogP contribution < -0.4 is 11.1 Å². The zero-order valence-electron chi connectivity index (χ0n) is 10.4. The minimum atomic E-state index is 0.602. The number of hydrogen-bond donors (Lipinski definition) is 2. The molecule has 0 saturated carbocycles. The van der Waals surface area contributed by atoms with Gasteiger partial charge in [0.05, 0.1) is 0 Å². The van der Waals surface area contributed by atoms with Gasteiger partial charge in [-0.2, -0.15) is 0 Å². The molecule has 0 bridgehead atoms. The quantitative estimate of drug-likeness (QED) is 0.351. The molecule has 0 aromatic heterocycles. The van der Waals surface area contributed by atoms with Crippen molar-refractivity contribution in [2.24, 2.45) is 10.7 Å². The third kappa shape index (κ3) is 11.2. The first kappa shape index (κ1) is 14.3. The summed E-state index contributed by atoms with van der Waals surface area (Å²) in [5, 5.41) is 3.14. The van der Waals surface area contributed by atoms with Crippen LogP contribution in [-0.4, -0.2) is 19.0 Å². The second kappa shape index (κ2) is 11.3. The molecule has 90 valence electrons. The second-order valence-electron chi connectivity index (χ2n) is 3.96. The summed E-state index contributed by atoms with van der Waals surface area (Å²) < 4.78 is 0. The van der Waals surface area contributed by atoms with E-state index in [9.17, 15) is 0 Å². The van der Waals surface area contributed by atoms with Crippen LogP contribution in [0.1, 0.15) is 58.8 Å². The molecule has 0 aliphatic rings. The molecule has 0 aromatic carbocycles. The topological polar surface area (TPSA) is 50.4 Å². The summed E-state index contributed by atoms with van der Waals surface area (Å²) in [6.45, 7) is 6.14. The normalized spacial score (nSPS) is 11.7. The van der Waals surface area contributed by atoms with E-state index >= 15 is 0 Å². The number of nitrogens with zero attached hydrogens (tertiary/aromatic N) is 1. The Balaban J connectivity index is 3.16. The average molecular weight is 213 g/mol. The highest BCUT2D eigenvalue weighted by Crippen LogP contribution is 2.03. The van der Waals surface area contributed by atoms with Crippen LogP contribution in [0.4, 0.5) is 0 Å². The van der Waals surface area contributed by atoms with Crippen molar-refractivity contribution in [2.45, 2.75) is 58.8 Å². The fraction of sp³-hybridized carbons (Fsp3) is 0.917. The Morgan fingerprint density at radius 1 is 1.00 bits per heavy atom. The van der Waals surface area contributed by atoms with Gasteiger partial charge in [-0.3, -0.25) is 4.99 Å². The number of aliphatic imine (C=N–C) groups is 1. The Morgan fingerprint density at radius 2 is 1.67 bits per heavy atom. The molecule has 3 heteroatoms. The predicted molar refractivity (Wildman–Crippen MR) is 68.2 cm³/mol. The Hall–Kier alpha value is -0.730. The highest BCUT2D eigenvalue weighted by molar-refractivity contribution is 5.77. The first-order valence-corrected chi connectivity index (χ1v) is 6.35. The molecule has 0 aliphatic carbocycles. The molecular weight excluding hydrogens is 186 g/mol. The molecule has 0 radical (unpaired) electrons. The Labute approximate surface area is 94.5 Å². The molecule has 3 N–H and O–H groups in total. The van der Waals surface area contributed by atoms with Crippen LogP contribution in [0, 0.1) is 0 Å². The first-order valence-electron chi connectivity index (χ1n) is 6.35. The van der Waals surface area contributed by atoms with Gasteiger partial charge in [-0.1, -0.05) is 46.0 Å². The Bertz CT molecular complexity index is 155. The third-order valence-electron chi connectivity index (χ3n) is 2.34. The van der Waals surface area contributed by atoms with Gasteiger partial charge in [0.15, 0.2) is 5.96 Å². The van der Waals surface area contributed by atoms with Crippen molar-refractivity contribution in [3.8, 4) is 0 Å². The minimum Gasteiger partial charge on any atom is -0.370 e. The van der Waals surface area contributed by atoms with Crippen LogP contribution in [0.3, 0.4) is 0 Å². The highest BCUT2D eigenvalue weighted by atomic mass is 15.1. The summed E-state index contributed by atoms with van der Waals surface area (Å²) in [6, 6.07) is 0. The van der Waals surface area contributed by atoms with E-state index < -0.39 is 0 Å². The predicted octanol–water partition coefficient (Wildman–Crippen LogP) is 2.66. The maximum Gasteiger partial charge on any atom is 0.188 e. The summed E-state index contributed by atoms with van der Waals surface area (Å²) in [7, 11) is 0. The van der Waals surface area contributed by atoms with E-state index in [1.54, 1.807) is 0 Å². The molecule has 0 aromatic rings. The molecule has 0 atom stereocenters. The van der Waals surface area contributed by atoms with Crippen molar-refractivity contribution in [1.29, 1.82) is 0 Å². The molecule has 0 spiro atoms. The van der Waals surface area contributed by atoms with Crippen molar-refractivity contribution < 1.29 is 0 Å². The first-order chi connectivity index (χ1) is 7.31. The number of nitrogens with two attached hydrogens (primary N) is 1. The van der Waals surface area contributed by atoms with Crippen molar-refractivity contribution in [1.82, 2.24) is 5.32 Å². The van der Waals surface area contributed by atoms with Gasteiger partial charge in [-0.15, -0.1) is 0 Å². The molecule has 0 saturated heterocycles. The van der Waals surface area contributed by atoms with Gasteiger partial charge in [0, 0.05) is 13.1 Å². The van der Waals surface area contributed by atoms with E-state index in [1.165, 1.54) is 38.5 Å². The lowest BCUT2D eigenvalue weighted by atomic mass is 10.1. The van der Waals surface area contributed by atoms with Gasteiger partial charge in [0.25, 0.3) is 0 Å². The van der Waals surface area contributed by atoms with Crippen molar-refractivity contribution in [3.05, 3.63) is 0 Å². The maximum atomic E-state index is 5.66. The summed E-state index contributed by atoms with van der Waals surface area (Å²) >= 11 is 0. The van der Waals surface area contributed by atoms with E-state index in [1.807, 2.05) is 0 Å². The van der Waals surface area contributed by atoms with E-state index in [2.05, 4.69) is 24.2 Å². The Morgan fingerprint density at radius 3 is 2.33 bits per heavy atom. The standard InChI is InChI=1S/C12H27N3/c1-3-5-6-7-8-9-11-15-12(13)14-10-4-2/h3-11H2,1-2H3,(H3,13,14,15). The SMILES string of the molecule is CCCCCCCCNC(N)=NCCC. The zero-order valence-corrected chi connectivity index (χ0v) is 10.4. The molecular formula is C12H27N3. The van der Waals surface area contributed by atoms with Gasteiger partial charge in [-0.25, -0.2) is 0 Å². The molecule has 3 nitrogen and oxygen atoms in total. The summed E-state index contributed by atoms with van der Waals surface area (Å²) in [5.74, 6) is 0.602. The van der Waals surface area contributed by atoms with Crippen LogP contribution in [0.25, 0.3) is 0 Å². The number of unbranched alkanes of at least 4 members (excludes halogenated alkanes) is 5. The zero-order chi connectivity index (χ0) is 11.4. The van der Waals surface area contributed by atoms with Gasteiger partial charge in [0.2, 0.25) is 0 Å². The number of guanidine groups is 1. The molecule has 0 heterocycles. The fourth-order valence-electron chi connectivity index (χ4n) is 1.41. The largest absolute Gasteiger partial charge is 0.370 e. The molecule has 0 rings (SSSR count). The number of nitrogens with one attached hydrogen (secondary N) is 1. The smallest absolute Gasteiger partial charge is 0.188 e. The Kier molecular flexibility index (Phi) is 10.8. The highest BCUT2D eigenvalue weighted by Gasteiger charge is 1.91. The van der Waals surface area contributed by atoms with Crippen LogP contribution in [0.15, 0.2) is 4.99 Å². The van der Waals surface area contributed by atoms with Crippen molar-refractivity contribution in [2.75, 3.05) is 13.1 Å². The lowest BCUT2D eigenvalue weighted by Crippen LogP contribution is -2.32. The molecule has 15 heavy (non-hydrogen) atoms. The number of rotatable bonds is 9. The lowest BCUT2D eigenvalue weighted by Gasteiger charge is -2.05. The summed E-state index contributed by atoms with van der Waals surface area (Å²) in [4.78, 5) is 4.17. The van der Waals surface area contributed by atoms with Crippen LogP contribution in [0.5, 0.6) is 0 Å². The average Bonchev–Trinajstić information content (AvgIpc) is 2.25. The van der Waals surface area contributed by atoms with Crippen molar-refractivity contribution in [3.63, 3.8) is 0 Å². The third-order valence-corrected chi connectivity index (χ3v) is 2.34. The number of hydrogen-bond acceptors (Lipinski definition) is 1. The molecule has 0 amide bonds. The van der Waals surface area contributed by atoms with Gasteiger partial charge in [0.1, 0.15) is 0 Å². The van der Waals surface area contributed by atoms with Gasteiger partial charge >= 0.3 is 0 Å². The lowest BCUT2D eigenvalue weighted by molar-refractivity contribution is 0.601. The fourth-order valence-corrected chi connectivity index (χ4v) is 1.41. The van der Waals surface area contributed by atoms with E-state index in [0.717, 1.165) is 19.5 Å². The van der Waals surface area contributed by atoms with E-state index in [-0.39, 0.29) is 0 Å². The monoisotopic (exact) mass is 213 g/mol. The summed E-state index contributed by atoms with van der Waals surface area (Å²) in [5.41, 5.74) is 5.66. The van der Waals surface area contributed by atoms with E-state index in [0.29, 0.717) is 5.96 Å². The van der Waals surface area contributed by atoms with Gasteiger partial charge < -0.3 is 11.1 Å². The van der Waals surface area contributed by atoms with Crippen LogP contribution >= 0.6 is 0 Å². The van der Waals surface area contributed by atoms with Crippen LogP contribution in [0.2, 0.25) is 0 Å². The second-order valence-corrected chi connectivity index (χ2v) is 3.96. The minimum absolute atomic E-state index is 0.602. The van der Waals surface area contributed by atoms with Crippen LogP contribution in [-0.2, 0) is 0 Å². The molecule has 0 aliphatic heterocycles.